The van der Waals surface area contributed by atoms with Crippen molar-refractivity contribution in [3.8, 4) is 23.5 Å². The van der Waals surface area contributed by atoms with Crippen LogP contribution in [0.2, 0.25) is 0 Å². The summed E-state index contributed by atoms with van der Waals surface area (Å²) in [6.45, 7) is 13.1. The third kappa shape index (κ3) is 17.8. The van der Waals surface area contributed by atoms with Crippen molar-refractivity contribution < 1.29 is 142 Å². The van der Waals surface area contributed by atoms with Gasteiger partial charge in [0.25, 0.3) is 0 Å². The predicted octanol–water partition coefficient (Wildman–Crippen LogP) is 16.5. The van der Waals surface area contributed by atoms with Crippen LogP contribution in [0.4, 0.5) is 132 Å². The number of hydrogen-bond donors (Lipinski definition) is 2. The van der Waals surface area contributed by atoms with Crippen LogP contribution in [-0.2, 0) is 0 Å². The maximum atomic E-state index is 15.3. The summed E-state index contributed by atoms with van der Waals surface area (Å²) in [7, 11) is 0. The zero-order valence-corrected chi connectivity index (χ0v) is 61.8. The Balaban J connectivity index is 0.000000195. The highest BCUT2D eigenvalue weighted by atomic mass is 19.2. The molecule has 0 bridgehead atoms. The molecule has 12 aromatic rings. The molecule has 0 aliphatic carbocycles. The molecule has 0 fully saturated rings. The number of hydrogen-bond acceptors (Lipinski definition) is 0. The van der Waals surface area contributed by atoms with Gasteiger partial charge in [-0.3, -0.25) is 11.6 Å². The summed E-state index contributed by atoms with van der Waals surface area (Å²) in [4.78, 5) is 7.21. The van der Waals surface area contributed by atoms with Gasteiger partial charge in [0, 0.05) is 33.4 Å². The minimum absolute atomic E-state index is 0.0427. The van der Waals surface area contributed by atoms with Crippen LogP contribution in [0.25, 0.3) is 0 Å². The van der Waals surface area contributed by atoms with Crippen molar-refractivity contribution in [2.24, 2.45) is 0 Å². The molecule has 0 aliphatic heterocycles. The third-order valence-electron chi connectivity index (χ3n) is 17.7. The average Bonchev–Trinajstić information content (AvgIpc) is 0.703. The highest BCUT2D eigenvalue weighted by Crippen LogP contribution is 2.32. The SMILES string of the molecule is CC(C)(C)[NH+]=C(c1ccccc1)c1ccccc1.CC(C)(C)[NH+]=C(c1ccccc1)c1ccccc1.Fc1c(F)c(F)c([B-](C#Cc2ccccc2)(c2c(F)c(F)c(F)c(F)c2F)c2c(F)c(F)c(F)c(F)c2F)c(F)c1F.Fc1c(F)c(F)c([B-](C#Cc2ccccc2)(c2c(F)c(F)c(F)c(F)c2F)c2c(F)c(F)c(F)c(F)c2F)c(F)c1F. The first-order valence-corrected chi connectivity index (χ1v) is 34.4. The maximum absolute atomic E-state index is 15.3. The third-order valence-corrected chi connectivity index (χ3v) is 17.7. The van der Waals surface area contributed by atoms with Crippen LogP contribution >= 0.6 is 0 Å². The average molecular weight is 1700 g/mol. The fraction of sp³-hybridized carbons (Fsp3) is 0.0930. The summed E-state index contributed by atoms with van der Waals surface area (Å²) < 4.78 is 440. The molecule has 2 N–H and O–H groups in total. The minimum atomic E-state index is -5.90. The Morgan fingerprint density at radius 3 is 0.450 bits per heavy atom. The molecule has 0 unspecified atom stereocenters. The molecule has 2 nitrogen and oxygen atoms in total. The van der Waals surface area contributed by atoms with E-state index < -0.39 is 231 Å². The van der Waals surface area contributed by atoms with Gasteiger partial charge in [0.05, 0.1) is 0 Å². The Bertz CT molecular complexity index is 5160. The molecule has 0 spiro atoms. The number of rotatable bonds is 10. The summed E-state index contributed by atoms with van der Waals surface area (Å²) in [6.07, 6.45) is -11.8. The monoisotopic (exact) mass is 1700 g/mol. The number of halogens is 30. The Morgan fingerprint density at radius 1 is 0.192 bits per heavy atom. The second-order valence-corrected chi connectivity index (χ2v) is 27.9. The van der Waals surface area contributed by atoms with Crippen LogP contribution in [0.5, 0.6) is 0 Å². The van der Waals surface area contributed by atoms with Gasteiger partial charge in [-0.1, -0.05) is 109 Å². The van der Waals surface area contributed by atoms with Gasteiger partial charge >= 0.3 is 0 Å². The molecule has 120 heavy (non-hydrogen) atoms. The molecule has 0 amide bonds. The molecule has 12 rings (SSSR count). The van der Waals surface area contributed by atoms with E-state index >= 15 is 52.7 Å². The second kappa shape index (κ2) is 36.6. The van der Waals surface area contributed by atoms with E-state index in [1.54, 1.807) is 11.8 Å². The lowest BCUT2D eigenvalue weighted by Gasteiger charge is -2.39. The zero-order chi connectivity index (χ0) is 88.9. The van der Waals surface area contributed by atoms with Gasteiger partial charge in [-0.15, -0.1) is 44.6 Å². The Kier molecular flexibility index (Phi) is 27.7. The lowest BCUT2D eigenvalue weighted by atomic mass is 9.15. The van der Waals surface area contributed by atoms with Crippen LogP contribution in [0.3, 0.4) is 0 Å². The summed E-state index contributed by atoms with van der Waals surface area (Å²) in [5.41, 5.74) is -10.2. The van der Waals surface area contributed by atoms with Gasteiger partial charge in [0.2, 0.25) is 11.4 Å². The quantitative estimate of drug-likeness (QED) is 0.0341. The molecule has 0 aromatic heterocycles. The van der Waals surface area contributed by atoms with Gasteiger partial charge in [-0.2, -0.15) is 0 Å². The van der Waals surface area contributed by atoms with E-state index in [0.717, 1.165) is 48.5 Å². The summed E-state index contributed by atoms with van der Waals surface area (Å²) in [6, 6.07) is 52.9. The smallest absolute Gasteiger partial charge is 0.213 e. The van der Waals surface area contributed by atoms with Crippen molar-refractivity contribution in [3.63, 3.8) is 0 Å². The van der Waals surface area contributed by atoms with E-state index in [9.17, 15) is 79.0 Å². The molecular formula is C86H50B2F30N2. The topological polar surface area (TPSA) is 27.9 Å². The molecule has 620 valence electrons. The van der Waals surface area contributed by atoms with Crippen molar-refractivity contribution in [1.82, 2.24) is 0 Å². The molecule has 0 heterocycles. The van der Waals surface area contributed by atoms with E-state index in [1.807, 2.05) is 24.3 Å². The fourth-order valence-corrected chi connectivity index (χ4v) is 12.5. The first kappa shape index (κ1) is 91.0. The number of benzene rings is 12. The van der Waals surface area contributed by atoms with Gasteiger partial charge < -0.3 is 0 Å². The predicted molar refractivity (Wildman–Crippen MR) is 387 cm³/mol. The largest absolute Gasteiger partial charge is 0.291 e. The lowest BCUT2D eigenvalue weighted by molar-refractivity contribution is -0.538. The lowest BCUT2D eigenvalue weighted by Crippen LogP contribution is -2.84. The first-order chi connectivity index (χ1) is 56.3. The summed E-state index contributed by atoms with van der Waals surface area (Å²) in [5.74, 6) is -86.1. The molecule has 0 saturated carbocycles. The van der Waals surface area contributed by atoms with Crippen molar-refractivity contribution in [1.29, 1.82) is 0 Å². The molecule has 12 aromatic carbocycles. The first-order valence-electron chi connectivity index (χ1n) is 34.4. The molecule has 0 saturated heterocycles. The molecule has 0 aliphatic rings. The second-order valence-electron chi connectivity index (χ2n) is 27.9. The van der Waals surface area contributed by atoms with Crippen LogP contribution in [0, 0.1) is 198 Å². The Morgan fingerprint density at radius 2 is 0.317 bits per heavy atom. The molecule has 34 heteroatoms. The highest BCUT2D eigenvalue weighted by Gasteiger charge is 2.50. The highest BCUT2D eigenvalue weighted by molar-refractivity contribution is 7.17. The van der Waals surface area contributed by atoms with Gasteiger partial charge in [-0.25, -0.2) is 142 Å². The maximum Gasteiger partial charge on any atom is 0.213 e. The van der Waals surface area contributed by atoms with Crippen molar-refractivity contribution >= 4 is 56.5 Å². The number of nitrogens with one attached hydrogen (secondary N) is 2. The molecule has 0 atom stereocenters. The van der Waals surface area contributed by atoms with Crippen LogP contribution in [-0.4, -0.2) is 34.8 Å². The van der Waals surface area contributed by atoms with Crippen molar-refractivity contribution in [2.45, 2.75) is 52.6 Å². The molecule has 0 radical (unpaired) electrons. The van der Waals surface area contributed by atoms with Crippen LogP contribution < -0.4 is 42.8 Å². The van der Waals surface area contributed by atoms with E-state index in [4.69, 9.17) is 0 Å². The minimum Gasteiger partial charge on any atom is -0.291 e. The zero-order valence-electron chi connectivity index (χ0n) is 61.8. The van der Waals surface area contributed by atoms with Crippen LogP contribution in [0.15, 0.2) is 182 Å². The van der Waals surface area contributed by atoms with E-state index in [1.165, 1.54) is 57.4 Å². The normalized spacial score (nSPS) is 11.4. The van der Waals surface area contributed by atoms with Crippen LogP contribution in [0.1, 0.15) is 74.9 Å². The Labute approximate surface area is 661 Å². The standard InChI is InChI=1S/2C26H5BF15.2C17H19N/c2*28-12-9(13(29)19(35)24(40)18(12)34)27(7-6-8-4-2-1-3-5-8,10-14(30)20(36)25(41)21(37)15(10)31)11-16(32)22(38)26(42)23(39)17(11)33;2*1-17(2,3)18-16(14-10-6-4-7-11-14)15-12-8-5-9-13-15/h2*1-5H;2*4-13H,1-3H3/q2*-1;;/p+2. The van der Waals surface area contributed by atoms with Crippen molar-refractivity contribution in [3.05, 3.63) is 390 Å². The van der Waals surface area contributed by atoms with Gasteiger partial charge in [-0.05, 0) is 114 Å². The molecular weight excluding hydrogens is 1650 g/mol. The van der Waals surface area contributed by atoms with Gasteiger partial charge in [0.1, 0.15) is 69.8 Å². The van der Waals surface area contributed by atoms with E-state index in [0.29, 0.717) is 0 Å². The van der Waals surface area contributed by atoms with Gasteiger partial charge in [0.15, 0.2) is 128 Å². The van der Waals surface area contributed by atoms with E-state index in [-0.39, 0.29) is 11.1 Å². The Hall–Kier alpha value is -12.9. The summed E-state index contributed by atoms with van der Waals surface area (Å²) in [5, 5.41) is 0. The van der Waals surface area contributed by atoms with Crippen molar-refractivity contribution in [2.75, 3.05) is 0 Å². The fourth-order valence-electron chi connectivity index (χ4n) is 12.5. The summed E-state index contributed by atoms with van der Waals surface area (Å²) >= 11 is 0. The van der Waals surface area contributed by atoms with E-state index in [2.05, 4.69) is 149 Å².